The molecule has 1 fully saturated rings. The van der Waals surface area contributed by atoms with Crippen molar-refractivity contribution in [1.82, 2.24) is 14.4 Å². The molecule has 26 heavy (non-hydrogen) atoms. The van der Waals surface area contributed by atoms with Crippen LogP contribution in [0.1, 0.15) is 24.8 Å². The van der Waals surface area contributed by atoms with Crippen LogP contribution in [-0.2, 0) is 10.0 Å². The summed E-state index contributed by atoms with van der Waals surface area (Å²) in [7, 11) is -3.62. The average molecular weight is 434 g/mol. The summed E-state index contributed by atoms with van der Waals surface area (Å²) in [5, 5.41) is 4.02. The number of halogens is 1. The minimum absolute atomic E-state index is 0.260. The maximum absolute atomic E-state index is 13.0. The molecule has 0 aliphatic carbocycles. The van der Waals surface area contributed by atoms with Gasteiger partial charge in [0.15, 0.2) is 0 Å². The largest absolute Gasteiger partial charge is 0.337 e. The molecule has 0 amide bonds. The fourth-order valence-electron chi connectivity index (χ4n) is 3.09. The van der Waals surface area contributed by atoms with E-state index in [1.54, 1.807) is 24.3 Å². The van der Waals surface area contributed by atoms with Gasteiger partial charge in [0.2, 0.25) is 21.7 Å². The SMILES string of the molecule is O=S(=O)(c1ccc(Br)cc1)N1CCCC1c1nc(-c2ccccc2)no1. The highest BCUT2D eigenvalue weighted by Gasteiger charge is 2.39. The Morgan fingerprint density at radius 3 is 2.54 bits per heavy atom. The second-order valence-corrected chi connectivity index (χ2v) is 8.86. The molecule has 2 heterocycles. The molecular weight excluding hydrogens is 418 g/mol. The van der Waals surface area contributed by atoms with Crippen LogP contribution in [0.15, 0.2) is 68.5 Å². The summed E-state index contributed by atoms with van der Waals surface area (Å²) in [5.41, 5.74) is 0.836. The van der Waals surface area contributed by atoms with Crippen LogP contribution in [0.2, 0.25) is 0 Å². The van der Waals surface area contributed by atoms with E-state index in [2.05, 4.69) is 26.1 Å². The highest BCUT2D eigenvalue weighted by Crippen LogP contribution is 2.36. The highest BCUT2D eigenvalue weighted by atomic mass is 79.9. The molecule has 1 aliphatic heterocycles. The summed E-state index contributed by atoms with van der Waals surface area (Å²) in [4.78, 5) is 4.70. The number of rotatable bonds is 4. The van der Waals surface area contributed by atoms with Crippen LogP contribution in [0.3, 0.4) is 0 Å². The molecule has 1 saturated heterocycles. The number of nitrogens with zero attached hydrogens (tertiary/aromatic N) is 3. The van der Waals surface area contributed by atoms with E-state index in [4.69, 9.17) is 4.52 Å². The van der Waals surface area contributed by atoms with Gasteiger partial charge in [-0.3, -0.25) is 0 Å². The third-order valence-electron chi connectivity index (χ3n) is 4.38. The number of benzene rings is 2. The van der Waals surface area contributed by atoms with E-state index >= 15 is 0 Å². The summed E-state index contributed by atoms with van der Waals surface area (Å²) in [6.45, 7) is 0.437. The van der Waals surface area contributed by atoms with Crippen molar-refractivity contribution in [3.05, 3.63) is 65.0 Å². The van der Waals surface area contributed by atoms with Crippen LogP contribution >= 0.6 is 15.9 Å². The minimum atomic E-state index is -3.62. The van der Waals surface area contributed by atoms with Crippen molar-refractivity contribution >= 4 is 26.0 Å². The average Bonchev–Trinajstić information content (AvgIpc) is 3.32. The van der Waals surface area contributed by atoms with E-state index < -0.39 is 16.1 Å². The second-order valence-electron chi connectivity index (χ2n) is 6.05. The van der Waals surface area contributed by atoms with Crippen LogP contribution < -0.4 is 0 Å². The number of hydrogen-bond acceptors (Lipinski definition) is 5. The Morgan fingerprint density at radius 2 is 1.81 bits per heavy atom. The van der Waals surface area contributed by atoms with Gasteiger partial charge in [-0.1, -0.05) is 51.4 Å². The smallest absolute Gasteiger partial charge is 0.245 e. The minimum Gasteiger partial charge on any atom is -0.337 e. The van der Waals surface area contributed by atoms with Gasteiger partial charge in [0.1, 0.15) is 6.04 Å². The van der Waals surface area contributed by atoms with Crippen LogP contribution in [0.25, 0.3) is 11.4 Å². The van der Waals surface area contributed by atoms with Crippen LogP contribution in [-0.4, -0.2) is 29.4 Å². The first-order valence-electron chi connectivity index (χ1n) is 8.22. The van der Waals surface area contributed by atoms with Gasteiger partial charge in [-0.25, -0.2) is 8.42 Å². The zero-order valence-electron chi connectivity index (χ0n) is 13.7. The Kier molecular flexibility index (Phi) is 4.64. The molecule has 0 radical (unpaired) electrons. The standard InChI is InChI=1S/C18H16BrN3O3S/c19-14-8-10-15(11-9-14)26(23,24)22-12-4-7-16(22)18-20-17(21-25-18)13-5-2-1-3-6-13/h1-3,5-6,8-11,16H,4,7,12H2. The van der Waals surface area contributed by atoms with Gasteiger partial charge in [0.25, 0.3) is 0 Å². The van der Waals surface area contributed by atoms with Crippen LogP contribution in [0, 0.1) is 0 Å². The molecule has 0 bridgehead atoms. The molecule has 1 aliphatic rings. The van der Waals surface area contributed by atoms with Gasteiger partial charge in [0, 0.05) is 16.6 Å². The molecule has 2 aromatic carbocycles. The maximum Gasteiger partial charge on any atom is 0.245 e. The van der Waals surface area contributed by atoms with Gasteiger partial charge >= 0.3 is 0 Å². The molecule has 1 unspecified atom stereocenters. The monoisotopic (exact) mass is 433 g/mol. The topological polar surface area (TPSA) is 76.3 Å². The van der Waals surface area contributed by atoms with Gasteiger partial charge in [-0.15, -0.1) is 0 Å². The zero-order chi connectivity index (χ0) is 18.1. The summed E-state index contributed by atoms with van der Waals surface area (Å²) in [5.74, 6) is 0.801. The summed E-state index contributed by atoms with van der Waals surface area (Å²) in [6.07, 6.45) is 1.41. The zero-order valence-corrected chi connectivity index (χ0v) is 16.1. The molecule has 3 aromatic rings. The molecule has 134 valence electrons. The Labute approximate surface area is 160 Å². The van der Waals surface area contributed by atoms with Crippen molar-refractivity contribution in [3.63, 3.8) is 0 Å². The Morgan fingerprint density at radius 1 is 1.08 bits per heavy atom. The van der Waals surface area contributed by atoms with Gasteiger partial charge in [-0.05, 0) is 37.1 Å². The summed E-state index contributed by atoms with van der Waals surface area (Å²) >= 11 is 3.33. The number of sulfonamides is 1. The van der Waals surface area contributed by atoms with Gasteiger partial charge < -0.3 is 4.52 Å². The molecule has 0 N–H and O–H groups in total. The molecule has 0 spiro atoms. The van der Waals surface area contributed by atoms with Crippen molar-refractivity contribution in [3.8, 4) is 11.4 Å². The van der Waals surface area contributed by atoms with Crippen molar-refractivity contribution in [1.29, 1.82) is 0 Å². The Balaban J connectivity index is 1.65. The quantitative estimate of drug-likeness (QED) is 0.620. The lowest BCUT2D eigenvalue weighted by molar-refractivity contribution is 0.290. The molecule has 8 heteroatoms. The van der Waals surface area contributed by atoms with Crippen LogP contribution in [0.4, 0.5) is 0 Å². The Hall–Kier alpha value is -2.03. The van der Waals surface area contributed by atoms with Crippen molar-refractivity contribution in [2.45, 2.75) is 23.8 Å². The third kappa shape index (κ3) is 3.20. The van der Waals surface area contributed by atoms with Crippen molar-refractivity contribution in [2.24, 2.45) is 0 Å². The Bertz CT molecular complexity index is 1000. The van der Waals surface area contributed by atoms with E-state index in [0.29, 0.717) is 24.7 Å². The van der Waals surface area contributed by atoms with Crippen molar-refractivity contribution in [2.75, 3.05) is 6.54 Å². The van der Waals surface area contributed by atoms with E-state index in [-0.39, 0.29) is 4.90 Å². The molecule has 4 rings (SSSR count). The third-order valence-corrected chi connectivity index (χ3v) is 6.83. The number of hydrogen-bond donors (Lipinski definition) is 0. The first-order chi connectivity index (χ1) is 12.6. The highest BCUT2D eigenvalue weighted by molar-refractivity contribution is 9.10. The van der Waals surface area contributed by atoms with Crippen LogP contribution in [0.5, 0.6) is 0 Å². The predicted molar refractivity (Wildman–Crippen MR) is 99.7 cm³/mol. The van der Waals surface area contributed by atoms with Gasteiger partial charge in [0.05, 0.1) is 4.90 Å². The molecule has 1 aromatic heterocycles. The lowest BCUT2D eigenvalue weighted by Crippen LogP contribution is -2.30. The second kappa shape index (κ2) is 6.94. The number of aromatic nitrogens is 2. The molecule has 1 atom stereocenters. The summed E-state index contributed by atoms with van der Waals surface area (Å²) in [6, 6.07) is 15.7. The molecular formula is C18H16BrN3O3S. The van der Waals surface area contributed by atoms with Gasteiger partial charge in [-0.2, -0.15) is 9.29 Å². The van der Waals surface area contributed by atoms with E-state index in [1.807, 2.05) is 30.3 Å². The predicted octanol–water partition coefficient (Wildman–Crippen LogP) is 4.02. The molecule has 6 nitrogen and oxygen atoms in total. The van der Waals surface area contributed by atoms with E-state index in [0.717, 1.165) is 16.5 Å². The van der Waals surface area contributed by atoms with Crippen molar-refractivity contribution < 1.29 is 12.9 Å². The lowest BCUT2D eigenvalue weighted by atomic mass is 10.2. The lowest BCUT2D eigenvalue weighted by Gasteiger charge is -2.21. The van der Waals surface area contributed by atoms with E-state index in [1.165, 1.54) is 4.31 Å². The fourth-order valence-corrected chi connectivity index (χ4v) is 5.01. The fraction of sp³-hybridized carbons (Fsp3) is 0.222. The first kappa shape index (κ1) is 17.4. The molecule has 0 saturated carbocycles. The summed E-state index contributed by atoms with van der Waals surface area (Å²) < 4.78 is 33.8. The normalized spacial score (nSPS) is 18.3. The first-order valence-corrected chi connectivity index (χ1v) is 10.5. The van der Waals surface area contributed by atoms with E-state index in [9.17, 15) is 8.42 Å². The maximum atomic E-state index is 13.0.